The van der Waals surface area contributed by atoms with Crippen LogP contribution in [-0.2, 0) is 11.2 Å². The van der Waals surface area contributed by atoms with Crippen LogP contribution in [0.1, 0.15) is 12.5 Å². The molecule has 0 radical (unpaired) electrons. The number of amides is 1. The lowest BCUT2D eigenvalue weighted by molar-refractivity contribution is -0.117. The van der Waals surface area contributed by atoms with Gasteiger partial charge in [-0.15, -0.1) is 0 Å². The lowest BCUT2D eigenvalue weighted by atomic mass is 10.2. The Hall–Kier alpha value is -1.02. The van der Waals surface area contributed by atoms with E-state index in [2.05, 4.69) is 0 Å². The van der Waals surface area contributed by atoms with Gasteiger partial charge in [0.2, 0.25) is 5.91 Å². The molecule has 0 bridgehead atoms. The Morgan fingerprint density at radius 1 is 1.54 bits per heavy atom. The number of nitrogens with zero attached hydrogens (tertiary/aromatic N) is 1. The Kier molecular flexibility index (Phi) is 2.00. The van der Waals surface area contributed by atoms with E-state index in [1.54, 1.807) is 4.90 Å². The maximum Gasteiger partial charge on any atom is 0.231 e. The minimum absolute atomic E-state index is 0.144. The second kappa shape index (κ2) is 3.04. The summed E-state index contributed by atoms with van der Waals surface area (Å²) in [4.78, 5) is 13.2. The zero-order valence-corrected chi connectivity index (χ0v) is 8.14. The Morgan fingerprint density at radius 2 is 2.31 bits per heavy atom. The highest BCUT2D eigenvalue weighted by Gasteiger charge is 2.27. The summed E-state index contributed by atoms with van der Waals surface area (Å²) < 4.78 is 0. The van der Waals surface area contributed by atoms with Gasteiger partial charge in [0.25, 0.3) is 0 Å². The van der Waals surface area contributed by atoms with E-state index < -0.39 is 0 Å². The average molecular weight is 196 g/mol. The van der Waals surface area contributed by atoms with E-state index in [9.17, 15) is 4.79 Å². The van der Waals surface area contributed by atoms with Crippen LogP contribution in [0.4, 0.5) is 5.69 Å². The summed E-state index contributed by atoms with van der Waals surface area (Å²) in [6.07, 6.45) is 0.490. The van der Waals surface area contributed by atoms with Gasteiger partial charge in [0.1, 0.15) is 0 Å². The van der Waals surface area contributed by atoms with Crippen molar-refractivity contribution in [1.29, 1.82) is 0 Å². The summed E-state index contributed by atoms with van der Waals surface area (Å²) in [6.45, 7) is 2.64. The predicted molar refractivity (Wildman–Crippen MR) is 53.2 cm³/mol. The lowest BCUT2D eigenvalue weighted by Gasteiger charge is -2.15. The zero-order chi connectivity index (χ0) is 9.42. The molecule has 13 heavy (non-hydrogen) atoms. The smallest absolute Gasteiger partial charge is 0.231 e. The van der Waals surface area contributed by atoms with E-state index in [-0.39, 0.29) is 5.91 Å². The zero-order valence-electron chi connectivity index (χ0n) is 7.38. The van der Waals surface area contributed by atoms with Crippen molar-refractivity contribution in [3.63, 3.8) is 0 Å². The van der Waals surface area contributed by atoms with Gasteiger partial charge in [0, 0.05) is 6.54 Å². The molecule has 1 heterocycles. The summed E-state index contributed by atoms with van der Waals surface area (Å²) in [5.41, 5.74) is 1.94. The number of fused-ring (bicyclic) bond motifs is 1. The van der Waals surface area contributed by atoms with Crippen LogP contribution in [-0.4, -0.2) is 12.5 Å². The molecule has 0 unspecified atom stereocenters. The van der Waals surface area contributed by atoms with Gasteiger partial charge in [0.15, 0.2) is 0 Å². The van der Waals surface area contributed by atoms with Crippen molar-refractivity contribution >= 4 is 23.2 Å². The van der Waals surface area contributed by atoms with E-state index in [0.717, 1.165) is 11.3 Å². The molecule has 1 aromatic rings. The molecule has 2 nitrogen and oxygen atoms in total. The second-order valence-corrected chi connectivity index (χ2v) is 3.47. The molecule has 0 aromatic heterocycles. The van der Waals surface area contributed by atoms with E-state index in [1.165, 1.54) is 0 Å². The number of hydrogen-bond donors (Lipinski definition) is 0. The van der Waals surface area contributed by atoms with Crippen LogP contribution in [0.5, 0.6) is 0 Å². The number of halogens is 1. The summed E-state index contributed by atoms with van der Waals surface area (Å²) >= 11 is 6.01. The van der Waals surface area contributed by atoms with Crippen LogP contribution in [0.15, 0.2) is 18.2 Å². The van der Waals surface area contributed by atoms with Gasteiger partial charge in [0.05, 0.1) is 17.1 Å². The molecule has 68 valence electrons. The molecule has 0 saturated carbocycles. The standard InChI is InChI=1S/C10H10ClNO/c1-2-12-9(13)6-7-4-3-5-8(11)10(7)12/h3-5H,2,6H2,1H3. The van der Waals surface area contributed by atoms with Crippen LogP contribution in [0, 0.1) is 0 Å². The molecule has 0 saturated heterocycles. The normalized spacial score (nSPS) is 14.9. The minimum Gasteiger partial charge on any atom is -0.311 e. The summed E-state index contributed by atoms with van der Waals surface area (Å²) in [5.74, 6) is 0.144. The van der Waals surface area contributed by atoms with Crippen molar-refractivity contribution in [1.82, 2.24) is 0 Å². The van der Waals surface area contributed by atoms with Crippen molar-refractivity contribution in [2.24, 2.45) is 0 Å². The molecule has 1 amide bonds. The second-order valence-electron chi connectivity index (χ2n) is 3.06. The van der Waals surface area contributed by atoms with Crippen molar-refractivity contribution in [3.05, 3.63) is 28.8 Å². The average Bonchev–Trinajstić information content (AvgIpc) is 2.42. The van der Waals surface area contributed by atoms with Crippen molar-refractivity contribution in [3.8, 4) is 0 Å². The molecule has 1 aromatic carbocycles. The fraction of sp³-hybridized carbons (Fsp3) is 0.300. The molecule has 2 rings (SSSR count). The van der Waals surface area contributed by atoms with Crippen LogP contribution in [0.25, 0.3) is 0 Å². The van der Waals surface area contributed by atoms with Crippen molar-refractivity contribution in [2.75, 3.05) is 11.4 Å². The van der Waals surface area contributed by atoms with E-state index >= 15 is 0 Å². The van der Waals surface area contributed by atoms with Crippen LogP contribution < -0.4 is 4.90 Å². The molecule has 0 aliphatic carbocycles. The number of carbonyl (C=O) groups excluding carboxylic acids is 1. The molecule has 0 atom stereocenters. The van der Waals surface area contributed by atoms with E-state index in [4.69, 9.17) is 11.6 Å². The maximum absolute atomic E-state index is 11.5. The van der Waals surface area contributed by atoms with Crippen LogP contribution in [0.3, 0.4) is 0 Å². The van der Waals surface area contributed by atoms with E-state index in [1.807, 2.05) is 25.1 Å². The van der Waals surface area contributed by atoms with Gasteiger partial charge in [-0.05, 0) is 18.6 Å². The highest BCUT2D eigenvalue weighted by Crippen LogP contribution is 2.35. The number of anilines is 1. The maximum atomic E-state index is 11.5. The predicted octanol–water partition coefficient (Wildman–Crippen LogP) is 2.25. The van der Waals surface area contributed by atoms with Gasteiger partial charge in [-0.2, -0.15) is 0 Å². The van der Waals surface area contributed by atoms with Crippen LogP contribution >= 0.6 is 11.6 Å². The molecule has 0 N–H and O–H groups in total. The van der Waals surface area contributed by atoms with Crippen LogP contribution in [0.2, 0.25) is 5.02 Å². The Labute approximate surface area is 82.1 Å². The monoisotopic (exact) mass is 195 g/mol. The van der Waals surface area contributed by atoms with Crippen molar-refractivity contribution < 1.29 is 4.79 Å². The Morgan fingerprint density at radius 3 is 3.00 bits per heavy atom. The molecule has 1 aliphatic heterocycles. The number of carbonyl (C=O) groups is 1. The molecular weight excluding hydrogens is 186 g/mol. The summed E-state index contributed by atoms with van der Waals surface area (Å²) in [5, 5.41) is 0.671. The van der Waals surface area contributed by atoms with Gasteiger partial charge >= 0.3 is 0 Å². The van der Waals surface area contributed by atoms with Gasteiger partial charge < -0.3 is 4.90 Å². The summed E-state index contributed by atoms with van der Waals surface area (Å²) in [6, 6.07) is 5.66. The lowest BCUT2D eigenvalue weighted by Crippen LogP contribution is -2.26. The van der Waals surface area contributed by atoms with Gasteiger partial charge in [-0.3, -0.25) is 4.79 Å². The number of hydrogen-bond acceptors (Lipinski definition) is 1. The first kappa shape index (κ1) is 8.57. The number of para-hydroxylation sites is 1. The molecule has 1 aliphatic rings. The number of likely N-dealkylation sites (N-methyl/N-ethyl adjacent to an activating group) is 1. The third-order valence-corrected chi connectivity index (χ3v) is 2.60. The molecule has 0 spiro atoms. The first-order valence-electron chi connectivity index (χ1n) is 4.31. The Bertz CT molecular complexity index is 362. The highest BCUT2D eigenvalue weighted by atomic mass is 35.5. The van der Waals surface area contributed by atoms with Crippen molar-refractivity contribution in [2.45, 2.75) is 13.3 Å². The fourth-order valence-electron chi connectivity index (χ4n) is 1.72. The van der Waals surface area contributed by atoms with Gasteiger partial charge in [-0.1, -0.05) is 23.7 Å². The minimum atomic E-state index is 0.144. The molecule has 3 heteroatoms. The van der Waals surface area contributed by atoms with E-state index in [0.29, 0.717) is 18.0 Å². The Balaban J connectivity index is 2.55. The number of benzene rings is 1. The quantitative estimate of drug-likeness (QED) is 0.673. The first-order chi connectivity index (χ1) is 6.24. The largest absolute Gasteiger partial charge is 0.311 e. The van der Waals surface area contributed by atoms with Gasteiger partial charge in [-0.25, -0.2) is 0 Å². The fourth-order valence-corrected chi connectivity index (χ4v) is 2.02. The first-order valence-corrected chi connectivity index (χ1v) is 4.69. The molecular formula is C10H10ClNO. The SMILES string of the molecule is CCN1C(=O)Cc2cccc(Cl)c21. The molecule has 0 fully saturated rings. The summed E-state index contributed by atoms with van der Waals surface area (Å²) in [7, 11) is 0. The highest BCUT2D eigenvalue weighted by molar-refractivity contribution is 6.34. The third-order valence-electron chi connectivity index (χ3n) is 2.30. The third kappa shape index (κ3) is 1.22. The number of rotatable bonds is 1. The topological polar surface area (TPSA) is 20.3 Å².